The zero-order valence-corrected chi connectivity index (χ0v) is 19.2. The molecule has 1 saturated carbocycles. The summed E-state index contributed by atoms with van der Waals surface area (Å²) in [7, 11) is 1.42. The third kappa shape index (κ3) is 3.63. The van der Waals surface area contributed by atoms with Gasteiger partial charge < -0.3 is 4.90 Å². The molecule has 184 valence electrons. The summed E-state index contributed by atoms with van der Waals surface area (Å²) in [6, 6.07) is 3.96. The van der Waals surface area contributed by atoms with E-state index in [0.29, 0.717) is 37.4 Å². The van der Waals surface area contributed by atoms with Gasteiger partial charge in [-0.2, -0.15) is 13.2 Å². The molecule has 6 nitrogen and oxygen atoms in total. The molecule has 0 unspecified atom stereocenters. The van der Waals surface area contributed by atoms with Crippen molar-refractivity contribution in [3.8, 4) is 0 Å². The number of piperidine rings is 1. The molecule has 1 aliphatic carbocycles. The Kier molecular flexibility index (Phi) is 5.73. The normalized spacial score (nSPS) is 32.7. The van der Waals surface area contributed by atoms with E-state index < -0.39 is 35.2 Å². The average molecular weight is 478 g/mol. The number of hydrogen-bond acceptors (Lipinski definition) is 4. The molecule has 34 heavy (non-hydrogen) atoms. The monoisotopic (exact) mass is 477 g/mol. The summed E-state index contributed by atoms with van der Waals surface area (Å²) in [5.74, 6) is -2.14. The Morgan fingerprint density at radius 1 is 1.00 bits per heavy atom. The predicted molar refractivity (Wildman–Crippen MR) is 117 cm³/mol. The zero-order valence-electron chi connectivity index (χ0n) is 19.2. The van der Waals surface area contributed by atoms with Gasteiger partial charge in [0.15, 0.2) is 0 Å². The number of alkyl halides is 3. The van der Waals surface area contributed by atoms with Crippen LogP contribution in [0.25, 0.3) is 0 Å². The first-order chi connectivity index (χ1) is 16.1. The Labute approximate surface area is 196 Å². The van der Waals surface area contributed by atoms with Gasteiger partial charge in [0.25, 0.3) is 0 Å². The van der Waals surface area contributed by atoms with Gasteiger partial charge in [-0.05, 0) is 49.3 Å². The van der Waals surface area contributed by atoms with E-state index in [2.05, 4.69) is 5.32 Å². The van der Waals surface area contributed by atoms with Gasteiger partial charge >= 0.3 is 6.18 Å². The minimum absolute atomic E-state index is 0.148. The topological polar surface area (TPSA) is 69.7 Å². The zero-order chi connectivity index (χ0) is 24.3. The van der Waals surface area contributed by atoms with E-state index in [-0.39, 0.29) is 17.7 Å². The fourth-order valence-electron chi connectivity index (χ4n) is 6.63. The van der Waals surface area contributed by atoms with Crippen LogP contribution in [0.4, 0.5) is 13.2 Å². The first-order valence-electron chi connectivity index (χ1n) is 12.2. The SMILES string of the molecule is CN1C(=O)[C@H]2[C@@H](c3ccc(C(F)(F)F)cc3)N[C@]3(CCCN(CC4CCCCC4)C3=O)[C@H]2C1=O. The van der Waals surface area contributed by atoms with E-state index in [4.69, 9.17) is 0 Å². The summed E-state index contributed by atoms with van der Waals surface area (Å²) >= 11 is 0. The smallest absolute Gasteiger partial charge is 0.341 e. The Bertz CT molecular complexity index is 989. The van der Waals surface area contributed by atoms with Gasteiger partial charge in [0.05, 0.1) is 17.4 Å². The molecule has 1 aromatic carbocycles. The number of nitrogens with one attached hydrogen (secondary N) is 1. The van der Waals surface area contributed by atoms with Crippen LogP contribution in [0.15, 0.2) is 24.3 Å². The van der Waals surface area contributed by atoms with Crippen LogP contribution < -0.4 is 5.32 Å². The first kappa shape index (κ1) is 23.3. The molecule has 3 heterocycles. The van der Waals surface area contributed by atoms with E-state index in [1.165, 1.54) is 25.6 Å². The fraction of sp³-hybridized carbons (Fsp3) is 0.640. The summed E-state index contributed by atoms with van der Waals surface area (Å²) in [5.41, 5.74) is -1.50. The number of imide groups is 1. The third-order valence-corrected chi connectivity index (χ3v) is 8.34. The second kappa shape index (κ2) is 8.36. The Morgan fingerprint density at radius 3 is 2.32 bits per heavy atom. The summed E-state index contributed by atoms with van der Waals surface area (Å²) in [6.07, 6.45) is 2.39. The number of rotatable bonds is 3. The molecule has 5 rings (SSSR count). The van der Waals surface area contributed by atoms with Crippen LogP contribution in [0.3, 0.4) is 0 Å². The van der Waals surface area contributed by atoms with Crippen LogP contribution in [0, 0.1) is 17.8 Å². The molecule has 0 aromatic heterocycles. The molecule has 4 atom stereocenters. The summed E-state index contributed by atoms with van der Waals surface area (Å²) in [4.78, 5) is 43.2. The van der Waals surface area contributed by atoms with Crippen LogP contribution in [0.1, 0.15) is 62.1 Å². The van der Waals surface area contributed by atoms with Crippen LogP contribution in [0.2, 0.25) is 0 Å². The Balaban J connectivity index is 1.48. The quantitative estimate of drug-likeness (QED) is 0.677. The number of nitrogens with zero attached hydrogens (tertiary/aromatic N) is 2. The lowest BCUT2D eigenvalue weighted by molar-refractivity contribution is -0.149. The number of fused-ring (bicyclic) bond motifs is 2. The van der Waals surface area contributed by atoms with Crippen LogP contribution in [-0.2, 0) is 20.6 Å². The van der Waals surface area contributed by atoms with Gasteiger partial charge in [0.2, 0.25) is 17.7 Å². The van der Waals surface area contributed by atoms with Crippen molar-refractivity contribution in [3.63, 3.8) is 0 Å². The highest BCUT2D eigenvalue weighted by Crippen LogP contribution is 2.52. The number of amides is 3. The van der Waals surface area contributed by atoms with Crippen molar-refractivity contribution in [2.75, 3.05) is 20.1 Å². The highest BCUT2D eigenvalue weighted by Gasteiger charge is 2.68. The minimum Gasteiger partial charge on any atom is -0.341 e. The fourth-order valence-corrected chi connectivity index (χ4v) is 6.63. The maximum atomic E-state index is 13.9. The maximum absolute atomic E-state index is 13.9. The first-order valence-corrected chi connectivity index (χ1v) is 12.2. The number of carbonyl (C=O) groups excluding carboxylic acids is 3. The van der Waals surface area contributed by atoms with E-state index >= 15 is 0 Å². The summed E-state index contributed by atoms with van der Waals surface area (Å²) < 4.78 is 39.2. The number of carbonyl (C=O) groups is 3. The maximum Gasteiger partial charge on any atom is 0.416 e. The van der Waals surface area contributed by atoms with Crippen molar-refractivity contribution >= 4 is 17.7 Å². The predicted octanol–water partition coefficient (Wildman–Crippen LogP) is 3.52. The number of hydrogen-bond donors (Lipinski definition) is 1. The molecular formula is C25H30F3N3O3. The molecule has 0 bridgehead atoms. The largest absolute Gasteiger partial charge is 0.416 e. The molecule has 4 aliphatic rings. The third-order valence-electron chi connectivity index (χ3n) is 8.34. The van der Waals surface area contributed by atoms with Gasteiger partial charge in [-0.15, -0.1) is 0 Å². The molecule has 3 saturated heterocycles. The molecule has 1 N–H and O–H groups in total. The molecule has 1 spiro atoms. The molecule has 1 aromatic rings. The van der Waals surface area contributed by atoms with Crippen molar-refractivity contribution in [3.05, 3.63) is 35.4 Å². The van der Waals surface area contributed by atoms with Crippen LogP contribution in [-0.4, -0.2) is 53.2 Å². The summed E-state index contributed by atoms with van der Waals surface area (Å²) in [6.45, 7) is 1.28. The van der Waals surface area contributed by atoms with Crippen molar-refractivity contribution < 1.29 is 27.6 Å². The van der Waals surface area contributed by atoms with Crippen molar-refractivity contribution in [2.45, 2.75) is 62.7 Å². The highest BCUT2D eigenvalue weighted by molar-refractivity contribution is 6.10. The van der Waals surface area contributed by atoms with E-state index in [9.17, 15) is 27.6 Å². The van der Waals surface area contributed by atoms with Gasteiger partial charge in [-0.1, -0.05) is 31.4 Å². The second-order valence-corrected chi connectivity index (χ2v) is 10.3. The molecule has 0 radical (unpaired) electrons. The Hall–Kier alpha value is -2.42. The van der Waals surface area contributed by atoms with Crippen LogP contribution >= 0.6 is 0 Å². The van der Waals surface area contributed by atoms with Crippen molar-refractivity contribution in [1.82, 2.24) is 15.1 Å². The highest BCUT2D eigenvalue weighted by atomic mass is 19.4. The van der Waals surface area contributed by atoms with E-state index in [1.807, 2.05) is 4.90 Å². The molecule has 4 fully saturated rings. The van der Waals surface area contributed by atoms with E-state index in [1.54, 1.807) is 0 Å². The lowest BCUT2D eigenvalue weighted by atomic mass is 9.74. The van der Waals surface area contributed by atoms with Crippen molar-refractivity contribution in [1.29, 1.82) is 0 Å². The van der Waals surface area contributed by atoms with Crippen molar-refractivity contribution in [2.24, 2.45) is 17.8 Å². The van der Waals surface area contributed by atoms with Crippen LogP contribution in [0.5, 0.6) is 0 Å². The number of halogens is 3. The lowest BCUT2D eigenvalue weighted by Crippen LogP contribution is -2.63. The molecule has 3 aliphatic heterocycles. The second-order valence-electron chi connectivity index (χ2n) is 10.3. The van der Waals surface area contributed by atoms with E-state index in [0.717, 1.165) is 42.7 Å². The average Bonchev–Trinajstić information content (AvgIpc) is 3.27. The summed E-state index contributed by atoms with van der Waals surface area (Å²) in [5, 5.41) is 3.34. The van der Waals surface area contributed by atoms with Gasteiger partial charge in [0.1, 0.15) is 5.54 Å². The van der Waals surface area contributed by atoms with Gasteiger partial charge in [-0.25, -0.2) is 0 Å². The number of likely N-dealkylation sites (tertiary alicyclic amines) is 2. The minimum atomic E-state index is -4.47. The Morgan fingerprint density at radius 2 is 1.68 bits per heavy atom. The van der Waals surface area contributed by atoms with Gasteiger partial charge in [-0.3, -0.25) is 24.6 Å². The van der Waals surface area contributed by atoms with Gasteiger partial charge in [0, 0.05) is 26.2 Å². The molecule has 9 heteroatoms. The standard InChI is InChI=1S/C25H30F3N3O3/c1-30-21(32)18-19(22(30)33)24(29-20(18)16-8-10-17(11-9-16)25(26,27)28)12-5-13-31(23(24)34)14-15-6-3-2-4-7-15/h8-11,15,18-20,29H,2-7,12-14H2,1H3/t18-,19-,20-,24-/m1/s1. The lowest BCUT2D eigenvalue weighted by Gasteiger charge is -2.43. The molecule has 3 amide bonds. The number of benzene rings is 1. The molecular weight excluding hydrogens is 447 g/mol.